The summed E-state index contributed by atoms with van der Waals surface area (Å²) < 4.78 is 1.18. The fraction of sp³-hybridized carbons (Fsp3) is 0.174. The molecule has 2 nitrogen and oxygen atoms in total. The zero-order valence-corrected chi connectivity index (χ0v) is 16.1. The molecule has 4 aromatic rings. The van der Waals surface area contributed by atoms with Crippen LogP contribution in [0.1, 0.15) is 39.9 Å². The van der Waals surface area contributed by atoms with E-state index in [2.05, 4.69) is 88.5 Å². The van der Waals surface area contributed by atoms with Gasteiger partial charge in [-0.2, -0.15) is 0 Å². The topological polar surface area (TPSA) is 28.7 Å². The largest absolute Gasteiger partial charge is 0.342 e. The van der Waals surface area contributed by atoms with Gasteiger partial charge in [0.25, 0.3) is 0 Å². The van der Waals surface area contributed by atoms with E-state index in [1.807, 2.05) is 6.07 Å². The molecule has 3 heteroatoms. The van der Waals surface area contributed by atoms with Gasteiger partial charge in [0.05, 0.1) is 11.0 Å². The van der Waals surface area contributed by atoms with Crippen LogP contribution in [0.2, 0.25) is 0 Å². The molecule has 1 aromatic heterocycles. The van der Waals surface area contributed by atoms with Gasteiger partial charge in [-0.05, 0) is 53.8 Å². The van der Waals surface area contributed by atoms with Crippen LogP contribution < -0.4 is 0 Å². The van der Waals surface area contributed by atoms with E-state index in [1.54, 1.807) is 0 Å². The van der Waals surface area contributed by atoms with Crippen molar-refractivity contribution in [1.29, 1.82) is 0 Å². The molecular weight excluding hydrogens is 384 g/mol. The second-order valence-corrected chi connectivity index (χ2v) is 7.95. The molecule has 1 aliphatic rings. The van der Waals surface area contributed by atoms with Gasteiger partial charge in [0, 0.05) is 16.3 Å². The van der Waals surface area contributed by atoms with Crippen molar-refractivity contribution in [2.45, 2.75) is 25.2 Å². The highest BCUT2D eigenvalue weighted by Gasteiger charge is 2.37. The first kappa shape index (κ1) is 15.8. The summed E-state index contributed by atoms with van der Waals surface area (Å²) in [5, 5.41) is 0. The van der Waals surface area contributed by atoms with Crippen LogP contribution in [0.3, 0.4) is 0 Å². The Balaban J connectivity index is 1.72. The number of fused-ring (bicyclic) bond motifs is 2. The predicted octanol–water partition coefficient (Wildman–Crippen LogP) is 6.11. The standard InChI is InChI=1S/C23H19BrN2/c1-14-7-6-10-18(24)21(14)22-16-9-3-2-8-15(16)13-17(22)23-25-19-11-4-5-12-20(19)26-23/h2-12,17,22H,13H2,1H3,(H,25,26)/t17-,22?/m0/s1. The SMILES string of the molecule is Cc1cccc(Br)c1C1c2ccccc2C[C@@H]1c1nc2ccccc2[nH]1. The predicted molar refractivity (Wildman–Crippen MR) is 110 cm³/mol. The lowest BCUT2D eigenvalue weighted by molar-refractivity contribution is 0.620. The minimum atomic E-state index is 0.308. The first-order valence-corrected chi connectivity index (χ1v) is 9.79. The van der Waals surface area contributed by atoms with E-state index >= 15 is 0 Å². The summed E-state index contributed by atoms with van der Waals surface area (Å²) >= 11 is 3.81. The highest BCUT2D eigenvalue weighted by atomic mass is 79.9. The number of para-hydroxylation sites is 2. The van der Waals surface area contributed by atoms with E-state index in [1.165, 1.54) is 26.7 Å². The average molecular weight is 403 g/mol. The third-order valence-corrected chi connectivity index (χ3v) is 6.26. The molecule has 0 aliphatic heterocycles. The number of halogens is 1. The Morgan fingerprint density at radius 2 is 1.77 bits per heavy atom. The number of aryl methyl sites for hydroxylation is 1. The molecule has 26 heavy (non-hydrogen) atoms. The fourth-order valence-electron chi connectivity index (χ4n) is 4.39. The van der Waals surface area contributed by atoms with Crippen molar-refractivity contribution in [3.63, 3.8) is 0 Å². The van der Waals surface area contributed by atoms with Gasteiger partial charge < -0.3 is 4.98 Å². The minimum absolute atomic E-state index is 0.308. The molecule has 0 saturated heterocycles. The Labute approximate surface area is 161 Å². The maximum Gasteiger partial charge on any atom is 0.111 e. The van der Waals surface area contributed by atoms with E-state index in [0.29, 0.717) is 11.8 Å². The lowest BCUT2D eigenvalue weighted by atomic mass is 9.83. The number of aromatic amines is 1. The lowest BCUT2D eigenvalue weighted by Gasteiger charge is -2.23. The molecule has 2 atom stereocenters. The maximum absolute atomic E-state index is 4.94. The molecule has 0 spiro atoms. The summed E-state index contributed by atoms with van der Waals surface area (Å²) in [5.41, 5.74) is 7.71. The quantitative estimate of drug-likeness (QED) is 0.430. The van der Waals surface area contributed by atoms with Crippen LogP contribution >= 0.6 is 15.9 Å². The number of aromatic nitrogens is 2. The van der Waals surface area contributed by atoms with E-state index < -0.39 is 0 Å². The van der Waals surface area contributed by atoms with Crippen molar-refractivity contribution >= 4 is 27.0 Å². The van der Waals surface area contributed by atoms with Crippen LogP contribution in [0.15, 0.2) is 71.2 Å². The molecule has 0 amide bonds. The van der Waals surface area contributed by atoms with Gasteiger partial charge in [-0.15, -0.1) is 0 Å². The van der Waals surface area contributed by atoms with E-state index in [4.69, 9.17) is 4.98 Å². The van der Waals surface area contributed by atoms with Crippen LogP contribution in [0.5, 0.6) is 0 Å². The van der Waals surface area contributed by atoms with Crippen LogP contribution in [-0.2, 0) is 6.42 Å². The normalized spacial score (nSPS) is 19.0. The third-order valence-electron chi connectivity index (χ3n) is 5.57. The smallest absolute Gasteiger partial charge is 0.111 e. The van der Waals surface area contributed by atoms with Gasteiger partial charge in [0.1, 0.15) is 5.82 Å². The molecule has 0 saturated carbocycles. The van der Waals surface area contributed by atoms with Crippen LogP contribution in [-0.4, -0.2) is 9.97 Å². The van der Waals surface area contributed by atoms with Crippen LogP contribution in [0.4, 0.5) is 0 Å². The number of nitrogens with one attached hydrogen (secondary N) is 1. The van der Waals surface area contributed by atoms with Crippen molar-refractivity contribution in [1.82, 2.24) is 9.97 Å². The number of hydrogen-bond donors (Lipinski definition) is 1. The summed E-state index contributed by atoms with van der Waals surface area (Å²) in [6.45, 7) is 2.21. The molecule has 1 heterocycles. The summed E-state index contributed by atoms with van der Waals surface area (Å²) in [5.74, 6) is 1.71. The van der Waals surface area contributed by atoms with Gasteiger partial charge in [-0.3, -0.25) is 0 Å². The van der Waals surface area contributed by atoms with Gasteiger partial charge >= 0.3 is 0 Å². The van der Waals surface area contributed by atoms with Crippen LogP contribution in [0.25, 0.3) is 11.0 Å². The molecule has 0 bridgehead atoms. The highest BCUT2D eigenvalue weighted by molar-refractivity contribution is 9.10. The zero-order chi connectivity index (χ0) is 17.7. The first-order valence-electron chi connectivity index (χ1n) is 9.00. The zero-order valence-electron chi connectivity index (χ0n) is 14.5. The molecule has 128 valence electrons. The summed E-state index contributed by atoms with van der Waals surface area (Å²) in [6.07, 6.45) is 1.02. The summed E-state index contributed by atoms with van der Waals surface area (Å²) in [4.78, 5) is 8.53. The van der Waals surface area contributed by atoms with Crippen molar-refractivity contribution in [3.05, 3.63) is 99.3 Å². The van der Waals surface area contributed by atoms with Crippen molar-refractivity contribution in [2.75, 3.05) is 0 Å². The van der Waals surface area contributed by atoms with E-state index in [-0.39, 0.29) is 0 Å². The van der Waals surface area contributed by atoms with Crippen molar-refractivity contribution < 1.29 is 0 Å². The Hall–Kier alpha value is -2.39. The third kappa shape index (κ3) is 2.42. The molecular formula is C23H19BrN2. The Kier molecular flexibility index (Phi) is 3.71. The second kappa shape index (κ2) is 6.10. The van der Waals surface area contributed by atoms with Gasteiger partial charge in [-0.1, -0.05) is 64.5 Å². The van der Waals surface area contributed by atoms with Crippen molar-refractivity contribution in [3.8, 4) is 0 Å². The highest BCUT2D eigenvalue weighted by Crippen LogP contribution is 2.49. The Morgan fingerprint density at radius 1 is 0.962 bits per heavy atom. The van der Waals surface area contributed by atoms with Crippen LogP contribution in [0, 0.1) is 6.92 Å². The number of imidazole rings is 1. The molecule has 0 fully saturated rings. The monoisotopic (exact) mass is 402 g/mol. The number of hydrogen-bond acceptors (Lipinski definition) is 1. The number of benzene rings is 3. The molecule has 1 unspecified atom stereocenters. The number of nitrogens with zero attached hydrogens (tertiary/aromatic N) is 1. The van der Waals surface area contributed by atoms with E-state index in [0.717, 1.165) is 23.3 Å². The minimum Gasteiger partial charge on any atom is -0.342 e. The summed E-state index contributed by atoms with van der Waals surface area (Å²) in [7, 11) is 0. The van der Waals surface area contributed by atoms with Crippen molar-refractivity contribution in [2.24, 2.45) is 0 Å². The molecule has 1 aliphatic carbocycles. The lowest BCUT2D eigenvalue weighted by Crippen LogP contribution is -2.11. The van der Waals surface area contributed by atoms with Gasteiger partial charge in [0.2, 0.25) is 0 Å². The maximum atomic E-state index is 4.94. The summed E-state index contributed by atoms with van der Waals surface area (Å²) in [6, 6.07) is 23.6. The average Bonchev–Trinajstić information content (AvgIpc) is 3.23. The van der Waals surface area contributed by atoms with E-state index in [9.17, 15) is 0 Å². The molecule has 1 N–H and O–H groups in total. The van der Waals surface area contributed by atoms with Gasteiger partial charge in [0.15, 0.2) is 0 Å². The molecule has 3 aromatic carbocycles. The van der Waals surface area contributed by atoms with Gasteiger partial charge in [-0.25, -0.2) is 4.98 Å². The second-order valence-electron chi connectivity index (χ2n) is 7.10. The Bertz CT molecular complexity index is 1060. The number of H-pyrrole nitrogens is 1. The number of rotatable bonds is 2. The Morgan fingerprint density at radius 3 is 2.62 bits per heavy atom. The molecule has 0 radical (unpaired) electrons. The first-order chi connectivity index (χ1) is 12.7. The fourth-order valence-corrected chi connectivity index (χ4v) is 5.11. The molecule has 5 rings (SSSR count).